The van der Waals surface area contributed by atoms with Crippen LogP contribution in [0.15, 0.2) is 29.6 Å². The van der Waals surface area contributed by atoms with E-state index in [1.807, 2.05) is 18.4 Å². The van der Waals surface area contributed by atoms with Gasteiger partial charge in [0, 0.05) is 4.88 Å². The second kappa shape index (κ2) is 5.14. The zero-order valence-corrected chi connectivity index (χ0v) is 10.8. The van der Waals surface area contributed by atoms with Gasteiger partial charge in [-0.05, 0) is 41.6 Å². The Balaban J connectivity index is 2.42. The summed E-state index contributed by atoms with van der Waals surface area (Å²) in [5.41, 5.74) is 4.52. The van der Waals surface area contributed by atoms with Crippen LogP contribution in [-0.2, 0) is 0 Å². The van der Waals surface area contributed by atoms with Crippen molar-refractivity contribution in [1.29, 1.82) is 0 Å². The van der Waals surface area contributed by atoms with Gasteiger partial charge in [-0.15, -0.1) is 11.3 Å². The molecule has 90 valence electrons. The first kappa shape index (κ1) is 12.5. The Bertz CT molecular complexity index is 527. The van der Waals surface area contributed by atoms with Gasteiger partial charge in [-0.25, -0.2) is 9.82 Å². The summed E-state index contributed by atoms with van der Waals surface area (Å²) >= 11 is 7.29. The van der Waals surface area contributed by atoms with Crippen LogP contribution in [0.2, 0.25) is 5.02 Å². The Morgan fingerprint density at radius 1 is 1.41 bits per heavy atom. The maximum Gasteiger partial charge on any atom is 0.142 e. The quantitative estimate of drug-likeness (QED) is 0.663. The number of nitrogens with one attached hydrogen (secondary N) is 1. The summed E-state index contributed by atoms with van der Waals surface area (Å²) in [5, 5.41) is 2.10. The number of halogens is 2. The highest BCUT2D eigenvalue weighted by Gasteiger charge is 2.16. The highest BCUT2D eigenvalue weighted by Crippen LogP contribution is 2.29. The molecule has 0 amide bonds. The molecule has 0 fully saturated rings. The molecule has 1 aromatic heterocycles. The van der Waals surface area contributed by atoms with Gasteiger partial charge in [-0.3, -0.25) is 5.84 Å². The standard InChI is InChI=1S/C12H12ClFN2S/c1-7-9(4-5-17-7)12(16-15)8-2-3-10(13)11(14)6-8/h2-6,12,16H,15H2,1H3. The van der Waals surface area contributed by atoms with Crippen molar-refractivity contribution in [3.8, 4) is 0 Å². The molecule has 0 bridgehead atoms. The summed E-state index contributed by atoms with van der Waals surface area (Å²) in [7, 11) is 0. The monoisotopic (exact) mass is 270 g/mol. The van der Waals surface area contributed by atoms with E-state index in [4.69, 9.17) is 17.4 Å². The number of rotatable bonds is 3. The van der Waals surface area contributed by atoms with Gasteiger partial charge in [0.1, 0.15) is 5.82 Å². The Morgan fingerprint density at radius 2 is 2.18 bits per heavy atom. The minimum atomic E-state index is -0.433. The van der Waals surface area contributed by atoms with E-state index < -0.39 is 5.82 Å². The summed E-state index contributed by atoms with van der Waals surface area (Å²) in [4.78, 5) is 1.16. The van der Waals surface area contributed by atoms with Crippen molar-refractivity contribution in [1.82, 2.24) is 5.43 Å². The minimum absolute atomic E-state index is 0.117. The third-order valence-electron chi connectivity index (χ3n) is 2.65. The van der Waals surface area contributed by atoms with Crippen LogP contribution in [-0.4, -0.2) is 0 Å². The average Bonchev–Trinajstić information content (AvgIpc) is 2.71. The van der Waals surface area contributed by atoms with Crippen molar-refractivity contribution >= 4 is 22.9 Å². The molecule has 1 atom stereocenters. The molecule has 1 heterocycles. The fourth-order valence-electron chi connectivity index (χ4n) is 1.75. The van der Waals surface area contributed by atoms with Crippen LogP contribution in [0.4, 0.5) is 4.39 Å². The number of hydrazine groups is 1. The topological polar surface area (TPSA) is 38.0 Å². The molecular weight excluding hydrogens is 259 g/mol. The van der Waals surface area contributed by atoms with Gasteiger partial charge >= 0.3 is 0 Å². The third-order valence-corrected chi connectivity index (χ3v) is 3.82. The molecule has 1 aromatic carbocycles. The molecule has 0 radical (unpaired) electrons. The average molecular weight is 271 g/mol. The Kier molecular flexibility index (Phi) is 3.79. The van der Waals surface area contributed by atoms with Crippen molar-refractivity contribution in [3.05, 3.63) is 56.5 Å². The van der Waals surface area contributed by atoms with Gasteiger partial charge in [0.05, 0.1) is 11.1 Å². The zero-order chi connectivity index (χ0) is 12.4. The SMILES string of the molecule is Cc1sccc1C(NN)c1ccc(Cl)c(F)c1. The molecule has 0 saturated carbocycles. The van der Waals surface area contributed by atoms with Crippen molar-refractivity contribution in [2.24, 2.45) is 5.84 Å². The molecule has 0 aliphatic carbocycles. The van der Waals surface area contributed by atoms with E-state index in [9.17, 15) is 4.39 Å². The van der Waals surface area contributed by atoms with E-state index in [1.165, 1.54) is 12.1 Å². The first-order valence-corrected chi connectivity index (χ1v) is 6.34. The first-order chi connectivity index (χ1) is 8.13. The van der Waals surface area contributed by atoms with Crippen molar-refractivity contribution in [3.63, 3.8) is 0 Å². The molecule has 5 heteroatoms. The first-order valence-electron chi connectivity index (χ1n) is 5.08. The number of hydrogen-bond donors (Lipinski definition) is 2. The summed E-state index contributed by atoms with van der Waals surface area (Å²) in [6.07, 6.45) is 0. The van der Waals surface area contributed by atoms with E-state index in [2.05, 4.69) is 5.43 Å². The van der Waals surface area contributed by atoms with Gasteiger partial charge in [0.2, 0.25) is 0 Å². The number of benzene rings is 1. The molecular formula is C12H12ClFN2S. The molecule has 0 saturated heterocycles. The Morgan fingerprint density at radius 3 is 2.71 bits per heavy atom. The van der Waals surface area contributed by atoms with Crippen LogP contribution >= 0.6 is 22.9 Å². The van der Waals surface area contributed by atoms with Crippen molar-refractivity contribution < 1.29 is 4.39 Å². The molecule has 1 unspecified atom stereocenters. The smallest absolute Gasteiger partial charge is 0.142 e. The fourth-order valence-corrected chi connectivity index (χ4v) is 2.61. The lowest BCUT2D eigenvalue weighted by Crippen LogP contribution is -2.29. The highest BCUT2D eigenvalue weighted by atomic mass is 35.5. The van der Waals surface area contributed by atoms with E-state index >= 15 is 0 Å². The number of aryl methyl sites for hydroxylation is 1. The van der Waals surface area contributed by atoms with Crippen LogP contribution in [0.1, 0.15) is 22.0 Å². The second-order valence-corrected chi connectivity index (χ2v) is 5.23. The number of hydrogen-bond acceptors (Lipinski definition) is 3. The highest BCUT2D eigenvalue weighted by molar-refractivity contribution is 7.10. The van der Waals surface area contributed by atoms with Gasteiger partial charge in [-0.1, -0.05) is 17.7 Å². The van der Waals surface area contributed by atoms with E-state index in [0.29, 0.717) is 0 Å². The van der Waals surface area contributed by atoms with Crippen LogP contribution in [0.5, 0.6) is 0 Å². The van der Waals surface area contributed by atoms with Gasteiger partial charge in [0.15, 0.2) is 0 Å². The number of nitrogens with two attached hydrogens (primary N) is 1. The van der Waals surface area contributed by atoms with Crippen molar-refractivity contribution in [2.75, 3.05) is 0 Å². The van der Waals surface area contributed by atoms with Gasteiger partial charge < -0.3 is 0 Å². The molecule has 0 aliphatic rings. The van der Waals surface area contributed by atoms with Crippen LogP contribution in [0.3, 0.4) is 0 Å². The molecule has 2 aromatic rings. The zero-order valence-electron chi connectivity index (χ0n) is 9.21. The normalized spacial score (nSPS) is 12.7. The molecule has 2 rings (SSSR count). The Labute approximate surface area is 108 Å². The molecule has 17 heavy (non-hydrogen) atoms. The van der Waals surface area contributed by atoms with E-state index in [0.717, 1.165) is 16.0 Å². The molecule has 0 spiro atoms. The van der Waals surface area contributed by atoms with Crippen LogP contribution < -0.4 is 11.3 Å². The lowest BCUT2D eigenvalue weighted by Gasteiger charge is -2.16. The Hall–Kier alpha value is -0.940. The summed E-state index contributed by atoms with van der Waals surface area (Å²) < 4.78 is 13.4. The number of thiophene rings is 1. The summed E-state index contributed by atoms with van der Waals surface area (Å²) in [6, 6.07) is 6.49. The third kappa shape index (κ3) is 2.50. The molecule has 2 nitrogen and oxygen atoms in total. The maximum atomic E-state index is 13.4. The largest absolute Gasteiger partial charge is 0.271 e. The minimum Gasteiger partial charge on any atom is -0.271 e. The summed E-state index contributed by atoms with van der Waals surface area (Å²) in [5.74, 6) is 5.12. The summed E-state index contributed by atoms with van der Waals surface area (Å²) in [6.45, 7) is 2.01. The lowest BCUT2D eigenvalue weighted by molar-refractivity contribution is 0.605. The molecule has 0 aliphatic heterocycles. The fraction of sp³-hybridized carbons (Fsp3) is 0.167. The molecule has 3 N–H and O–H groups in total. The maximum absolute atomic E-state index is 13.4. The van der Waals surface area contributed by atoms with Gasteiger partial charge in [0.25, 0.3) is 0 Å². The predicted octanol–water partition coefficient (Wildman–Crippen LogP) is 3.40. The van der Waals surface area contributed by atoms with Crippen LogP contribution in [0.25, 0.3) is 0 Å². The lowest BCUT2D eigenvalue weighted by atomic mass is 10.00. The second-order valence-electron chi connectivity index (χ2n) is 3.71. The van der Waals surface area contributed by atoms with Crippen LogP contribution in [0, 0.1) is 12.7 Å². The van der Waals surface area contributed by atoms with E-state index in [1.54, 1.807) is 17.4 Å². The van der Waals surface area contributed by atoms with E-state index in [-0.39, 0.29) is 11.1 Å². The van der Waals surface area contributed by atoms with Crippen molar-refractivity contribution in [2.45, 2.75) is 13.0 Å². The van der Waals surface area contributed by atoms with Gasteiger partial charge in [-0.2, -0.15) is 0 Å². The predicted molar refractivity (Wildman–Crippen MR) is 69.6 cm³/mol.